The predicted molar refractivity (Wildman–Crippen MR) is 78.9 cm³/mol. The summed E-state index contributed by atoms with van der Waals surface area (Å²) in [6.07, 6.45) is -4.61. The van der Waals surface area contributed by atoms with E-state index < -0.39 is 23.0 Å². The molecule has 1 N–H and O–H groups in total. The Morgan fingerprint density at radius 3 is 2.46 bits per heavy atom. The first-order valence-corrected chi connectivity index (χ1v) is 7.06. The van der Waals surface area contributed by atoms with Crippen LogP contribution >= 0.6 is 0 Å². The van der Waals surface area contributed by atoms with Crippen LogP contribution in [0.5, 0.6) is 0 Å². The molecular formula is C15H12F3N3O3. The van der Waals surface area contributed by atoms with Gasteiger partial charge in [-0.25, -0.2) is 5.01 Å². The van der Waals surface area contributed by atoms with Gasteiger partial charge in [-0.05, 0) is 28.5 Å². The number of non-ortho nitro benzene ring substituents is 1. The van der Waals surface area contributed by atoms with Gasteiger partial charge in [-0.15, -0.1) is 0 Å². The molecule has 1 amide bonds. The monoisotopic (exact) mass is 339 g/mol. The number of halogens is 3. The Bertz CT molecular complexity index is 822. The second kappa shape index (κ2) is 5.75. The average Bonchev–Trinajstić information content (AvgIpc) is 2.91. The normalized spacial score (nSPS) is 17.0. The van der Waals surface area contributed by atoms with Crippen LogP contribution in [0.15, 0.2) is 36.4 Å². The molecule has 24 heavy (non-hydrogen) atoms. The fourth-order valence-electron chi connectivity index (χ4n) is 2.77. The van der Waals surface area contributed by atoms with Crippen LogP contribution in [0, 0.1) is 10.1 Å². The number of fused-ring (bicyclic) bond motifs is 1. The van der Waals surface area contributed by atoms with E-state index >= 15 is 0 Å². The third-order valence-corrected chi connectivity index (χ3v) is 3.84. The molecule has 0 radical (unpaired) electrons. The third kappa shape index (κ3) is 3.02. The molecule has 2 aromatic carbocycles. The molecule has 2 aromatic rings. The van der Waals surface area contributed by atoms with Gasteiger partial charge < -0.3 is 0 Å². The van der Waals surface area contributed by atoms with Gasteiger partial charge in [0.25, 0.3) is 5.69 Å². The van der Waals surface area contributed by atoms with E-state index in [9.17, 15) is 28.1 Å². The molecule has 1 aliphatic rings. The maximum Gasteiger partial charge on any atom is 0.409 e. The van der Waals surface area contributed by atoms with Crippen LogP contribution in [0.2, 0.25) is 0 Å². The van der Waals surface area contributed by atoms with Crippen LogP contribution in [0.1, 0.15) is 18.0 Å². The van der Waals surface area contributed by atoms with E-state index in [0.717, 1.165) is 5.01 Å². The zero-order valence-electron chi connectivity index (χ0n) is 12.2. The summed E-state index contributed by atoms with van der Waals surface area (Å²) < 4.78 is 40.5. The van der Waals surface area contributed by atoms with Crippen LogP contribution in [0.3, 0.4) is 0 Å². The number of carbonyl (C=O) groups is 1. The number of carbonyl (C=O) groups excluding carboxylic acids is 1. The quantitative estimate of drug-likeness (QED) is 0.689. The first kappa shape index (κ1) is 16.2. The first-order valence-electron chi connectivity index (χ1n) is 7.06. The number of nitrogens with one attached hydrogen (secondary N) is 1. The summed E-state index contributed by atoms with van der Waals surface area (Å²) in [6.45, 7) is -0.0595. The van der Waals surface area contributed by atoms with Gasteiger partial charge in [0, 0.05) is 25.1 Å². The van der Waals surface area contributed by atoms with Crippen molar-refractivity contribution in [3.8, 4) is 0 Å². The fourth-order valence-corrected chi connectivity index (χ4v) is 2.77. The number of nitrogens with zero attached hydrogens (tertiary/aromatic N) is 2. The van der Waals surface area contributed by atoms with Gasteiger partial charge in [-0.1, -0.05) is 12.1 Å². The van der Waals surface area contributed by atoms with Crippen LogP contribution in [0.25, 0.3) is 10.8 Å². The molecule has 0 saturated carbocycles. The standard InChI is InChI=1S/C15H12F3N3O3/c16-15(17,18)14(20-6-5-13(22)19-20)10-2-1-9-3-4-12(21(23)24)8-11(9)7-10/h1-4,7-8,14H,5-6H2,(H,19,22). The minimum Gasteiger partial charge on any atom is -0.288 e. The number of hydrogen-bond acceptors (Lipinski definition) is 4. The van der Waals surface area contributed by atoms with E-state index in [1.165, 1.54) is 36.4 Å². The summed E-state index contributed by atoms with van der Waals surface area (Å²) in [7, 11) is 0. The Morgan fingerprint density at radius 1 is 1.17 bits per heavy atom. The molecule has 0 bridgehead atoms. The van der Waals surface area contributed by atoms with Crippen molar-refractivity contribution in [1.29, 1.82) is 0 Å². The lowest BCUT2D eigenvalue weighted by molar-refractivity contribution is -0.384. The molecule has 1 aliphatic heterocycles. The zero-order valence-corrected chi connectivity index (χ0v) is 12.2. The molecule has 1 saturated heterocycles. The number of rotatable bonds is 3. The Hall–Kier alpha value is -2.68. The molecule has 6 nitrogen and oxygen atoms in total. The summed E-state index contributed by atoms with van der Waals surface area (Å²) in [5, 5.41) is 12.6. The van der Waals surface area contributed by atoms with Gasteiger partial charge in [0.15, 0.2) is 0 Å². The maximum atomic E-state index is 13.5. The molecule has 126 valence electrons. The van der Waals surface area contributed by atoms with Gasteiger partial charge in [0.1, 0.15) is 6.04 Å². The molecule has 1 atom stereocenters. The van der Waals surface area contributed by atoms with Crippen molar-refractivity contribution in [2.24, 2.45) is 0 Å². The van der Waals surface area contributed by atoms with Crippen molar-refractivity contribution in [1.82, 2.24) is 10.4 Å². The molecule has 1 unspecified atom stereocenters. The van der Waals surface area contributed by atoms with Crippen molar-refractivity contribution < 1.29 is 22.9 Å². The molecule has 1 heterocycles. The summed E-state index contributed by atoms with van der Waals surface area (Å²) in [6, 6.07) is 6.07. The largest absolute Gasteiger partial charge is 0.409 e. The molecule has 0 aliphatic carbocycles. The molecular weight excluding hydrogens is 327 g/mol. The number of nitro benzene ring substituents is 1. The highest BCUT2D eigenvalue weighted by molar-refractivity contribution is 5.85. The number of amides is 1. The molecule has 0 aromatic heterocycles. The van der Waals surface area contributed by atoms with Crippen molar-refractivity contribution >= 4 is 22.4 Å². The van der Waals surface area contributed by atoms with Gasteiger partial charge in [-0.2, -0.15) is 13.2 Å². The maximum absolute atomic E-state index is 13.5. The average molecular weight is 339 g/mol. The van der Waals surface area contributed by atoms with Crippen LogP contribution in [-0.4, -0.2) is 28.6 Å². The first-order chi connectivity index (χ1) is 11.3. The van der Waals surface area contributed by atoms with Gasteiger partial charge >= 0.3 is 6.18 Å². The number of hydrazine groups is 1. The fraction of sp³-hybridized carbons (Fsp3) is 0.267. The van der Waals surface area contributed by atoms with Crippen LogP contribution in [-0.2, 0) is 4.79 Å². The van der Waals surface area contributed by atoms with Crippen molar-refractivity contribution in [3.63, 3.8) is 0 Å². The van der Waals surface area contributed by atoms with Crippen LogP contribution < -0.4 is 5.43 Å². The van der Waals surface area contributed by atoms with Gasteiger partial charge in [-0.3, -0.25) is 20.3 Å². The topological polar surface area (TPSA) is 75.5 Å². The highest BCUT2D eigenvalue weighted by Crippen LogP contribution is 2.39. The summed E-state index contributed by atoms with van der Waals surface area (Å²) in [5.41, 5.74) is 1.92. The number of hydrogen-bond donors (Lipinski definition) is 1. The Morgan fingerprint density at radius 2 is 1.88 bits per heavy atom. The summed E-state index contributed by atoms with van der Waals surface area (Å²) >= 11 is 0. The summed E-state index contributed by atoms with van der Waals surface area (Å²) in [5.74, 6) is -0.472. The zero-order chi connectivity index (χ0) is 17.5. The minimum atomic E-state index is -4.61. The van der Waals surface area contributed by atoms with E-state index in [2.05, 4.69) is 5.43 Å². The number of nitro groups is 1. The van der Waals surface area contributed by atoms with Crippen molar-refractivity contribution in [2.75, 3.05) is 6.54 Å². The van der Waals surface area contributed by atoms with E-state index in [4.69, 9.17) is 0 Å². The molecule has 0 spiro atoms. The predicted octanol–water partition coefficient (Wildman–Crippen LogP) is 3.09. The highest BCUT2D eigenvalue weighted by Gasteiger charge is 2.46. The number of alkyl halides is 3. The Balaban J connectivity index is 2.07. The molecule has 3 rings (SSSR count). The van der Waals surface area contributed by atoms with Crippen molar-refractivity contribution in [3.05, 3.63) is 52.1 Å². The Labute approximate surface area is 134 Å². The molecule has 1 fully saturated rings. The van der Waals surface area contributed by atoms with Crippen LogP contribution in [0.4, 0.5) is 18.9 Å². The third-order valence-electron chi connectivity index (χ3n) is 3.84. The van der Waals surface area contributed by atoms with Crippen molar-refractivity contribution in [2.45, 2.75) is 18.6 Å². The van der Waals surface area contributed by atoms with E-state index in [-0.39, 0.29) is 24.2 Å². The number of benzene rings is 2. The van der Waals surface area contributed by atoms with E-state index in [0.29, 0.717) is 10.8 Å². The Kier molecular flexibility index (Phi) is 3.88. The van der Waals surface area contributed by atoms with Gasteiger partial charge in [0.05, 0.1) is 4.92 Å². The molecule has 9 heteroatoms. The lowest BCUT2D eigenvalue weighted by Crippen LogP contribution is -2.43. The second-order valence-corrected chi connectivity index (χ2v) is 5.47. The lowest BCUT2D eigenvalue weighted by Gasteiger charge is -2.29. The van der Waals surface area contributed by atoms with Gasteiger partial charge in [0.2, 0.25) is 5.91 Å². The minimum absolute atomic E-state index is 0.00830. The highest BCUT2D eigenvalue weighted by atomic mass is 19.4. The summed E-state index contributed by atoms with van der Waals surface area (Å²) in [4.78, 5) is 21.5. The second-order valence-electron chi connectivity index (χ2n) is 5.47. The lowest BCUT2D eigenvalue weighted by atomic mass is 10.0. The van der Waals surface area contributed by atoms with E-state index in [1.54, 1.807) is 0 Å². The SMILES string of the molecule is O=C1CCN(C(c2ccc3ccc([N+](=O)[O-])cc3c2)C(F)(F)F)N1. The smallest absolute Gasteiger partial charge is 0.288 e. The van der Waals surface area contributed by atoms with E-state index in [1.807, 2.05) is 0 Å².